The summed E-state index contributed by atoms with van der Waals surface area (Å²) in [5.74, 6) is -0.415. The highest BCUT2D eigenvalue weighted by Crippen LogP contribution is 2.36. The standard InChI is InChI=1S/C21H18F3N5O2/c1-28(2)19-16(8-14(10-27-19)21(22,23)24)12-5-4-6-15(7-12)29-11-13(9-25)17(26)18(29)20(30)31-3/h4-8,10-11H,26H2,1-3H3. The lowest BCUT2D eigenvalue weighted by Gasteiger charge is -2.19. The number of aromatic nitrogens is 2. The number of halogens is 3. The first kappa shape index (κ1) is 21.7. The number of nitriles is 1. The van der Waals surface area contributed by atoms with Crippen LogP contribution in [0.4, 0.5) is 24.7 Å². The van der Waals surface area contributed by atoms with Crippen molar-refractivity contribution in [3.8, 4) is 22.9 Å². The van der Waals surface area contributed by atoms with E-state index in [1.54, 1.807) is 43.3 Å². The van der Waals surface area contributed by atoms with Crippen LogP contribution in [0.2, 0.25) is 0 Å². The SMILES string of the molecule is COC(=O)c1c(N)c(C#N)cn1-c1cccc(-c2cc(C(F)(F)F)cnc2N(C)C)c1. The fraction of sp³-hybridized carbons (Fsp3) is 0.190. The van der Waals surface area contributed by atoms with Crippen LogP contribution in [0.25, 0.3) is 16.8 Å². The molecule has 0 amide bonds. The Morgan fingerprint density at radius 1 is 1.29 bits per heavy atom. The number of esters is 1. The fourth-order valence-corrected chi connectivity index (χ4v) is 3.12. The molecule has 0 saturated heterocycles. The average Bonchev–Trinajstić information content (AvgIpc) is 3.08. The van der Waals surface area contributed by atoms with Gasteiger partial charge in [-0.1, -0.05) is 12.1 Å². The summed E-state index contributed by atoms with van der Waals surface area (Å²) in [5.41, 5.74) is 6.11. The van der Waals surface area contributed by atoms with Gasteiger partial charge in [0.1, 0.15) is 11.9 Å². The predicted octanol–water partition coefficient (Wildman–Crippen LogP) is 3.86. The molecule has 31 heavy (non-hydrogen) atoms. The van der Waals surface area contributed by atoms with Gasteiger partial charge in [0.05, 0.1) is 23.9 Å². The highest BCUT2D eigenvalue weighted by molar-refractivity contribution is 5.96. The number of nitrogens with two attached hydrogens (primary N) is 1. The normalized spacial score (nSPS) is 11.1. The molecule has 0 aliphatic heterocycles. The molecule has 2 aromatic heterocycles. The van der Waals surface area contributed by atoms with E-state index in [9.17, 15) is 23.2 Å². The number of alkyl halides is 3. The van der Waals surface area contributed by atoms with Gasteiger partial charge in [0.2, 0.25) is 0 Å². The van der Waals surface area contributed by atoms with E-state index >= 15 is 0 Å². The third-order valence-corrected chi connectivity index (χ3v) is 4.60. The zero-order valence-electron chi connectivity index (χ0n) is 16.9. The van der Waals surface area contributed by atoms with E-state index in [1.807, 2.05) is 6.07 Å². The second-order valence-electron chi connectivity index (χ2n) is 6.82. The molecule has 2 heterocycles. The molecular weight excluding hydrogens is 411 g/mol. The van der Waals surface area contributed by atoms with E-state index in [4.69, 9.17) is 10.5 Å². The smallest absolute Gasteiger partial charge is 0.417 e. The molecule has 10 heteroatoms. The molecule has 0 aliphatic rings. The lowest BCUT2D eigenvalue weighted by molar-refractivity contribution is -0.137. The number of benzene rings is 1. The highest BCUT2D eigenvalue weighted by atomic mass is 19.4. The van der Waals surface area contributed by atoms with Crippen LogP contribution in [0, 0.1) is 11.3 Å². The number of pyridine rings is 1. The Hall–Kier alpha value is -4.00. The van der Waals surface area contributed by atoms with E-state index in [1.165, 1.54) is 17.9 Å². The summed E-state index contributed by atoms with van der Waals surface area (Å²) in [7, 11) is 4.52. The summed E-state index contributed by atoms with van der Waals surface area (Å²) in [5, 5.41) is 9.28. The first-order chi connectivity index (χ1) is 14.6. The molecular formula is C21H18F3N5O2. The van der Waals surface area contributed by atoms with Gasteiger partial charge in [0.25, 0.3) is 0 Å². The molecule has 3 rings (SSSR count). The van der Waals surface area contributed by atoms with E-state index in [2.05, 4.69) is 4.98 Å². The zero-order chi connectivity index (χ0) is 22.9. The van der Waals surface area contributed by atoms with Crippen LogP contribution >= 0.6 is 0 Å². The molecule has 7 nitrogen and oxygen atoms in total. The number of ether oxygens (including phenoxy) is 1. The third-order valence-electron chi connectivity index (χ3n) is 4.60. The first-order valence-corrected chi connectivity index (χ1v) is 8.93. The average molecular weight is 429 g/mol. The molecule has 160 valence electrons. The third kappa shape index (κ3) is 4.02. The van der Waals surface area contributed by atoms with Gasteiger partial charge >= 0.3 is 12.1 Å². The molecule has 2 N–H and O–H groups in total. The van der Waals surface area contributed by atoms with Gasteiger partial charge in [-0.15, -0.1) is 0 Å². The van der Waals surface area contributed by atoms with Crippen molar-refractivity contribution < 1.29 is 22.7 Å². The molecule has 0 atom stereocenters. The van der Waals surface area contributed by atoms with Crippen molar-refractivity contribution in [2.24, 2.45) is 0 Å². The van der Waals surface area contributed by atoms with Crippen LogP contribution in [0.15, 0.2) is 42.7 Å². The van der Waals surface area contributed by atoms with Crippen molar-refractivity contribution in [3.63, 3.8) is 0 Å². The molecule has 0 spiro atoms. The molecule has 0 radical (unpaired) electrons. The molecule has 0 aliphatic carbocycles. The quantitative estimate of drug-likeness (QED) is 0.633. The van der Waals surface area contributed by atoms with Gasteiger partial charge < -0.3 is 19.9 Å². The highest BCUT2D eigenvalue weighted by Gasteiger charge is 2.32. The molecule has 0 saturated carbocycles. The van der Waals surface area contributed by atoms with Gasteiger partial charge in [0.15, 0.2) is 5.69 Å². The van der Waals surface area contributed by atoms with Crippen molar-refractivity contribution >= 4 is 17.5 Å². The molecule has 0 bridgehead atoms. The summed E-state index contributed by atoms with van der Waals surface area (Å²) >= 11 is 0. The largest absolute Gasteiger partial charge is 0.464 e. The number of hydrogen-bond acceptors (Lipinski definition) is 6. The Labute approximate surface area is 176 Å². The van der Waals surface area contributed by atoms with Gasteiger partial charge in [-0.25, -0.2) is 9.78 Å². The topological polar surface area (TPSA) is 97.2 Å². The second-order valence-corrected chi connectivity index (χ2v) is 6.82. The van der Waals surface area contributed by atoms with Gasteiger partial charge in [0, 0.05) is 37.7 Å². The Bertz CT molecular complexity index is 1190. The Balaban J connectivity index is 2.23. The van der Waals surface area contributed by atoms with Crippen LogP contribution in [0.1, 0.15) is 21.6 Å². The molecule has 3 aromatic rings. The van der Waals surface area contributed by atoms with Crippen molar-refractivity contribution in [2.45, 2.75) is 6.18 Å². The van der Waals surface area contributed by atoms with E-state index in [-0.39, 0.29) is 22.5 Å². The Kier molecular flexibility index (Phi) is 5.62. The molecule has 1 aromatic carbocycles. The maximum absolute atomic E-state index is 13.3. The first-order valence-electron chi connectivity index (χ1n) is 8.93. The number of carbonyl (C=O) groups excluding carboxylic acids is 1. The number of anilines is 2. The maximum Gasteiger partial charge on any atom is 0.417 e. The van der Waals surface area contributed by atoms with Crippen molar-refractivity contribution in [3.05, 3.63) is 59.5 Å². The summed E-state index contributed by atoms with van der Waals surface area (Å²) in [6.45, 7) is 0. The number of hydrogen-bond donors (Lipinski definition) is 1. The lowest BCUT2D eigenvalue weighted by atomic mass is 10.0. The maximum atomic E-state index is 13.3. The number of nitrogens with zero attached hydrogens (tertiary/aromatic N) is 4. The minimum Gasteiger partial charge on any atom is -0.464 e. The summed E-state index contributed by atoms with van der Waals surface area (Å²) in [6.07, 6.45) is -2.40. The fourth-order valence-electron chi connectivity index (χ4n) is 3.12. The Morgan fingerprint density at radius 2 is 2.00 bits per heavy atom. The van der Waals surface area contributed by atoms with Crippen molar-refractivity contribution in [2.75, 3.05) is 31.8 Å². The minimum absolute atomic E-state index is 0.0468. The van der Waals surface area contributed by atoms with Crippen LogP contribution in [0.3, 0.4) is 0 Å². The number of carbonyl (C=O) groups is 1. The number of rotatable bonds is 4. The van der Waals surface area contributed by atoms with Gasteiger partial charge in [-0.05, 0) is 23.8 Å². The summed E-state index contributed by atoms with van der Waals surface area (Å²) < 4.78 is 46.0. The summed E-state index contributed by atoms with van der Waals surface area (Å²) in [4.78, 5) is 17.8. The van der Waals surface area contributed by atoms with Crippen LogP contribution in [-0.4, -0.2) is 36.7 Å². The zero-order valence-corrected chi connectivity index (χ0v) is 16.9. The molecule has 0 unspecified atom stereocenters. The van der Waals surface area contributed by atoms with E-state index in [0.717, 1.165) is 12.3 Å². The van der Waals surface area contributed by atoms with Crippen LogP contribution in [0.5, 0.6) is 0 Å². The van der Waals surface area contributed by atoms with E-state index in [0.29, 0.717) is 17.1 Å². The van der Waals surface area contributed by atoms with Gasteiger partial charge in [-0.3, -0.25) is 0 Å². The monoisotopic (exact) mass is 429 g/mol. The van der Waals surface area contributed by atoms with E-state index < -0.39 is 17.7 Å². The van der Waals surface area contributed by atoms with Crippen LogP contribution in [-0.2, 0) is 10.9 Å². The molecule has 0 fully saturated rings. The minimum atomic E-state index is -4.56. The lowest BCUT2D eigenvalue weighted by Crippen LogP contribution is -2.14. The van der Waals surface area contributed by atoms with Crippen molar-refractivity contribution in [1.82, 2.24) is 9.55 Å². The number of nitrogen functional groups attached to an aromatic ring is 1. The predicted molar refractivity (Wildman–Crippen MR) is 109 cm³/mol. The van der Waals surface area contributed by atoms with Gasteiger partial charge in [-0.2, -0.15) is 18.4 Å². The van der Waals surface area contributed by atoms with Crippen molar-refractivity contribution in [1.29, 1.82) is 5.26 Å². The Morgan fingerprint density at radius 3 is 2.58 bits per heavy atom. The summed E-state index contributed by atoms with van der Waals surface area (Å²) in [6, 6.07) is 9.38. The second kappa shape index (κ2) is 8.02. The number of methoxy groups -OCH3 is 1. The van der Waals surface area contributed by atoms with Crippen LogP contribution < -0.4 is 10.6 Å².